The average Bonchev–Trinajstić information content (AvgIpc) is 3.16. The molecule has 0 fully saturated rings. The smallest absolute Gasteiger partial charge is 0.243 e. The van der Waals surface area contributed by atoms with Crippen LogP contribution < -0.4 is 21.7 Å². The van der Waals surface area contributed by atoms with Crippen molar-refractivity contribution in [2.75, 3.05) is 13.6 Å². The monoisotopic (exact) mass is 724 g/mol. The largest absolute Gasteiger partial charge is 0.508 e. The molecule has 0 aromatic heterocycles. The zero-order chi connectivity index (χ0) is 38.3. The fourth-order valence-corrected chi connectivity index (χ4v) is 5.97. The maximum atomic E-state index is 13.5. The second kappa shape index (κ2) is 19.8. The van der Waals surface area contributed by atoms with Gasteiger partial charge in [-0.15, -0.1) is 0 Å². The highest BCUT2D eigenvalue weighted by Crippen LogP contribution is 2.20. The third kappa shape index (κ3) is 12.2. The lowest BCUT2D eigenvalue weighted by Crippen LogP contribution is -2.51. The highest BCUT2D eigenvalue weighted by Gasteiger charge is 2.29. The summed E-state index contributed by atoms with van der Waals surface area (Å²) in [4.78, 5) is 65.3. The molecule has 0 heterocycles. The molecule has 0 unspecified atom stereocenters. The minimum atomic E-state index is -0.966. The topological polar surface area (TPSA) is 171 Å². The Balaban J connectivity index is 1.23. The molecule has 0 aliphatic heterocycles. The van der Waals surface area contributed by atoms with Crippen molar-refractivity contribution in [3.63, 3.8) is 0 Å². The zero-order valence-corrected chi connectivity index (χ0v) is 30.0. The Morgan fingerprint density at radius 1 is 0.830 bits per heavy atom. The molecule has 53 heavy (non-hydrogen) atoms. The summed E-state index contributed by atoms with van der Waals surface area (Å²) in [6.07, 6.45) is 3.93. The molecule has 0 spiro atoms. The predicted molar refractivity (Wildman–Crippen MR) is 201 cm³/mol. The van der Waals surface area contributed by atoms with Crippen LogP contribution in [0.5, 0.6) is 5.75 Å². The van der Waals surface area contributed by atoms with Crippen molar-refractivity contribution in [1.82, 2.24) is 20.9 Å². The number of aromatic hydroxyl groups is 1. The van der Waals surface area contributed by atoms with E-state index in [0.29, 0.717) is 31.2 Å². The quantitative estimate of drug-likeness (QED) is 0.0920. The first-order valence-corrected chi connectivity index (χ1v) is 17.7. The molecule has 0 saturated carbocycles. The standard InChI is InChI=1S/C41H47FN5O6/c1-27(45-40(52)36(43)25-31-10-7-9-30-8-3-4-12-35(30)31)39(51)44-23-6-5-11-33(26-48)46-41(53)37(24-29-15-20-34(49)21-16-29)47(2)38(50)22-17-28-13-18-32(42)19-14-28/h3-4,7-10,12-16,18-21,27,33,36-37,49H,5-6,11,17,22-25,43H2,1-2H3,(H,44,51)(H,45,52)(H,46,53)/t27-,33+,36-,37-/m0/s1. The number of halogens is 1. The van der Waals surface area contributed by atoms with Crippen molar-refractivity contribution in [2.45, 2.75) is 76.0 Å². The van der Waals surface area contributed by atoms with Gasteiger partial charge in [-0.1, -0.05) is 66.7 Å². The minimum absolute atomic E-state index is 0.0569. The van der Waals surface area contributed by atoms with Crippen LogP contribution in [0, 0.1) is 5.82 Å². The van der Waals surface area contributed by atoms with Crippen molar-refractivity contribution in [1.29, 1.82) is 0 Å². The lowest BCUT2D eigenvalue weighted by atomic mass is 9.98. The number of nitrogens with two attached hydrogens (primary N) is 1. The van der Waals surface area contributed by atoms with Crippen molar-refractivity contribution in [2.24, 2.45) is 5.73 Å². The van der Waals surface area contributed by atoms with E-state index in [1.807, 2.05) is 48.8 Å². The molecule has 4 rings (SSSR count). The fraction of sp³-hybridized carbons (Fsp3) is 0.341. The van der Waals surface area contributed by atoms with Crippen LogP contribution in [-0.4, -0.2) is 77.7 Å². The van der Waals surface area contributed by atoms with Crippen LogP contribution in [0.3, 0.4) is 0 Å². The first-order valence-electron chi connectivity index (χ1n) is 17.7. The van der Waals surface area contributed by atoms with Gasteiger partial charge < -0.3 is 31.7 Å². The number of nitrogens with one attached hydrogen (secondary N) is 3. The number of amides is 4. The summed E-state index contributed by atoms with van der Waals surface area (Å²) in [5.74, 6) is -2.00. The minimum Gasteiger partial charge on any atom is -0.508 e. The van der Waals surface area contributed by atoms with E-state index < -0.39 is 36.0 Å². The number of fused-ring (bicyclic) bond motifs is 1. The van der Waals surface area contributed by atoms with E-state index in [9.17, 15) is 33.5 Å². The second-order valence-electron chi connectivity index (χ2n) is 13.2. The summed E-state index contributed by atoms with van der Waals surface area (Å²) in [7, 11) is 1.52. The van der Waals surface area contributed by atoms with Crippen LogP contribution in [0.2, 0.25) is 0 Å². The molecule has 11 nitrogen and oxygen atoms in total. The molecule has 0 bridgehead atoms. The molecule has 4 atom stereocenters. The van der Waals surface area contributed by atoms with Crippen LogP contribution in [0.25, 0.3) is 10.8 Å². The van der Waals surface area contributed by atoms with Crippen LogP contribution >= 0.6 is 0 Å². The normalized spacial score (nSPS) is 13.3. The Morgan fingerprint density at radius 3 is 2.23 bits per heavy atom. The molecule has 4 amide bonds. The van der Waals surface area contributed by atoms with E-state index in [4.69, 9.17) is 5.73 Å². The maximum absolute atomic E-state index is 13.5. The highest BCUT2D eigenvalue weighted by molar-refractivity contribution is 5.91. The molecule has 279 valence electrons. The van der Waals surface area contributed by atoms with Crippen molar-refractivity contribution in [3.8, 4) is 5.75 Å². The van der Waals surface area contributed by atoms with Gasteiger partial charge in [-0.05, 0) is 90.8 Å². The predicted octanol–water partition coefficient (Wildman–Crippen LogP) is 3.64. The number of nitrogens with zero attached hydrogens (tertiary/aromatic N) is 1. The first kappa shape index (κ1) is 40.2. The summed E-state index contributed by atoms with van der Waals surface area (Å²) in [6, 6.07) is 22.2. The molecule has 0 saturated heterocycles. The van der Waals surface area contributed by atoms with E-state index in [1.165, 1.54) is 36.2 Å². The highest BCUT2D eigenvalue weighted by atomic mass is 19.1. The summed E-state index contributed by atoms with van der Waals surface area (Å²) < 4.78 is 13.3. The summed E-state index contributed by atoms with van der Waals surface area (Å²) in [5.41, 5.74) is 8.60. The number of carbonyl (C=O) groups excluding carboxylic acids is 5. The van der Waals surface area contributed by atoms with Gasteiger partial charge in [0.1, 0.15) is 23.7 Å². The Kier molecular flexibility index (Phi) is 15.0. The molecular weight excluding hydrogens is 677 g/mol. The fourth-order valence-electron chi connectivity index (χ4n) is 5.97. The van der Waals surface area contributed by atoms with Gasteiger partial charge >= 0.3 is 0 Å². The molecular formula is C41H47FN5O6. The van der Waals surface area contributed by atoms with Gasteiger partial charge in [0.15, 0.2) is 0 Å². The van der Waals surface area contributed by atoms with Gasteiger partial charge in [-0.2, -0.15) is 0 Å². The maximum Gasteiger partial charge on any atom is 0.243 e. The molecule has 1 radical (unpaired) electrons. The number of aryl methyl sites for hydroxylation is 1. The van der Waals surface area contributed by atoms with Gasteiger partial charge in [0.05, 0.1) is 12.1 Å². The first-order chi connectivity index (χ1) is 25.4. The van der Waals surface area contributed by atoms with Crippen molar-refractivity contribution >= 4 is 40.7 Å². The van der Waals surface area contributed by atoms with Crippen molar-refractivity contribution < 1.29 is 33.5 Å². The lowest BCUT2D eigenvalue weighted by Gasteiger charge is -2.28. The van der Waals surface area contributed by atoms with Gasteiger partial charge in [0, 0.05) is 26.4 Å². The number of unbranched alkanes of at least 4 members (excludes halogenated alkanes) is 1. The summed E-state index contributed by atoms with van der Waals surface area (Å²) in [6.45, 7) is 1.85. The number of likely N-dealkylation sites (N-methyl/N-ethyl adjacent to an activating group) is 1. The van der Waals surface area contributed by atoms with Crippen LogP contribution in [-0.2, 0) is 43.2 Å². The third-order valence-corrected chi connectivity index (χ3v) is 9.16. The molecule has 6 N–H and O–H groups in total. The Hall–Kier alpha value is -5.62. The Labute approximate surface area is 309 Å². The zero-order valence-electron chi connectivity index (χ0n) is 30.0. The number of hydrogen-bond acceptors (Lipinski definition) is 7. The van der Waals surface area contributed by atoms with Crippen LogP contribution in [0.4, 0.5) is 4.39 Å². The SMILES string of the molecule is C[C@H](NC(=O)[C@@H](N)Cc1cccc2ccccc12)C(=O)NCCCC[C@H]([C]=O)NC(=O)[C@H](Cc1ccc(O)cc1)N(C)C(=O)CCc1ccc(F)cc1. The molecule has 12 heteroatoms. The Bertz CT molecular complexity index is 1850. The van der Waals surface area contributed by atoms with E-state index in [1.54, 1.807) is 31.2 Å². The summed E-state index contributed by atoms with van der Waals surface area (Å²) >= 11 is 0. The van der Waals surface area contributed by atoms with Crippen LogP contribution in [0.15, 0.2) is 91.0 Å². The van der Waals surface area contributed by atoms with Gasteiger partial charge in [0.25, 0.3) is 0 Å². The van der Waals surface area contributed by atoms with Gasteiger partial charge in [-0.25, -0.2) is 4.39 Å². The average molecular weight is 725 g/mol. The number of phenolic OH excluding ortho intramolecular Hbond substituents is 1. The Morgan fingerprint density at radius 2 is 1.51 bits per heavy atom. The van der Waals surface area contributed by atoms with Gasteiger partial charge in [0.2, 0.25) is 29.9 Å². The van der Waals surface area contributed by atoms with Crippen LogP contribution in [0.1, 0.15) is 49.3 Å². The van der Waals surface area contributed by atoms with Gasteiger partial charge in [-0.3, -0.25) is 24.0 Å². The van der Waals surface area contributed by atoms with E-state index >= 15 is 0 Å². The van der Waals surface area contributed by atoms with Crippen molar-refractivity contribution in [3.05, 3.63) is 114 Å². The molecule has 4 aromatic rings. The molecule has 4 aromatic carbocycles. The van der Waals surface area contributed by atoms with E-state index in [-0.39, 0.29) is 49.2 Å². The second-order valence-corrected chi connectivity index (χ2v) is 13.2. The van der Waals surface area contributed by atoms with E-state index in [0.717, 1.165) is 21.9 Å². The van der Waals surface area contributed by atoms with E-state index in [2.05, 4.69) is 16.0 Å². The number of phenols is 1. The number of rotatable bonds is 19. The number of hydrogen-bond donors (Lipinski definition) is 5. The number of carbonyl (C=O) groups is 4. The molecule has 0 aliphatic carbocycles. The summed E-state index contributed by atoms with van der Waals surface area (Å²) in [5, 5.41) is 19.9. The molecule has 0 aliphatic rings. The third-order valence-electron chi connectivity index (χ3n) is 9.16. The number of benzene rings is 4. The lowest BCUT2D eigenvalue weighted by molar-refractivity contribution is -0.139.